The van der Waals surface area contributed by atoms with Crippen molar-refractivity contribution >= 4 is 40.8 Å². The lowest BCUT2D eigenvalue weighted by molar-refractivity contribution is 0.102. The summed E-state index contributed by atoms with van der Waals surface area (Å²) in [6.07, 6.45) is 4.81. The number of nitrogens with zero attached hydrogens (tertiary/aromatic N) is 3. The summed E-state index contributed by atoms with van der Waals surface area (Å²) in [6.45, 7) is 0. The maximum absolute atomic E-state index is 13.0. The number of nitrogens with one attached hydrogen (secondary N) is 1. The third kappa shape index (κ3) is 3.04. The average molecular weight is 425 g/mol. The van der Waals surface area contributed by atoms with Gasteiger partial charge in [-0.1, -0.05) is 18.0 Å². The number of anilines is 2. The van der Waals surface area contributed by atoms with Crippen molar-refractivity contribution in [3.05, 3.63) is 47.0 Å². The van der Waals surface area contributed by atoms with Gasteiger partial charge in [-0.2, -0.15) is 4.99 Å². The first-order chi connectivity index (χ1) is 14.4. The molecule has 1 amide bonds. The van der Waals surface area contributed by atoms with Crippen LogP contribution in [0.3, 0.4) is 0 Å². The molecule has 0 saturated heterocycles. The first kappa shape index (κ1) is 18.7. The lowest BCUT2D eigenvalue weighted by atomic mass is 9.87. The molecule has 0 radical (unpaired) electrons. The summed E-state index contributed by atoms with van der Waals surface area (Å²) in [6, 6.07) is 10.5. The van der Waals surface area contributed by atoms with Crippen molar-refractivity contribution in [2.75, 3.05) is 10.2 Å². The van der Waals surface area contributed by atoms with Gasteiger partial charge in [-0.05, 0) is 62.1 Å². The normalized spacial score (nSPS) is 19.6. The van der Waals surface area contributed by atoms with Gasteiger partial charge in [-0.3, -0.25) is 9.69 Å². The van der Waals surface area contributed by atoms with Gasteiger partial charge in [-0.25, -0.2) is 4.99 Å². The highest BCUT2D eigenvalue weighted by Gasteiger charge is 2.43. The number of guanidine groups is 2. The molecule has 2 heterocycles. The highest BCUT2D eigenvalue weighted by molar-refractivity contribution is 6.31. The number of carbonyl (C=O) groups excluding carboxylic acids is 1. The number of hydrogen-bond acceptors (Lipinski definition) is 7. The molecule has 3 aliphatic rings. The summed E-state index contributed by atoms with van der Waals surface area (Å²) in [4.78, 5) is 23.7. The Morgan fingerprint density at radius 2 is 1.83 bits per heavy atom. The second kappa shape index (κ2) is 6.91. The summed E-state index contributed by atoms with van der Waals surface area (Å²) in [5.74, 6) is 1.15. The molecular formula is C21H21ClN6O2. The fourth-order valence-corrected chi connectivity index (χ4v) is 4.59. The van der Waals surface area contributed by atoms with E-state index in [0.29, 0.717) is 27.8 Å². The van der Waals surface area contributed by atoms with Crippen LogP contribution in [-0.2, 0) is 0 Å². The predicted octanol–water partition coefficient (Wildman–Crippen LogP) is 3.81. The van der Waals surface area contributed by atoms with Gasteiger partial charge >= 0.3 is 0 Å². The molecule has 1 saturated carbocycles. The van der Waals surface area contributed by atoms with Crippen LogP contribution in [0.15, 0.2) is 46.4 Å². The van der Waals surface area contributed by atoms with Crippen molar-refractivity contribution in [3.63, 3.8) is 0 Å². The SMILES string of the molecule is NC1=NC2(CCCCC2)N(c2ccc3c(c2)C(=O)Nc2cc(Cl)ccc2O3)C(N)=N1. The van der Waals surface area contributed by atoms with Crippen LogP contribution in [0.25, 0.3) is 0 Å². The second-order valence-electron chi connectivity index (χ2n) is 7.70. The lowest BCUT2D eigenvalue weighted by Gasteiger charge is -2.45. The maximum Gasteiger partial charge on any atom is 0.259 e. The van der Waals surface area contributed by atoms with Gasteiger partial charge in [0.15, 0.2) is 5.75 Å². The van der Waals surface area contributed by atoms with E-state index >= 15 is 0 Å². The van der Waals surface area contributed by atoms with Crippen LogP contribution in [0.1, 0.15) is 42.5 Å². The molecule has 2 aromatic rings. The lowest BCUT2D eigenvalue weighted by Crippen LogP contribution is -2.58. The summed E-state index contributed by atoms with van der Waals surface area (Å²) in [7, 11) is 0. The Balaban J connectivity index is 1.57. The second-order valence-corrected chi connectivity index (χ2v) is 8.13. The highest BCUT2D eigenvalue weighted by atomic mass is 35.5. The number of ether oxygens (including phenoxy) is 1. The molecule has 8 nitrogen and oxygen atoms in total. The van der Waals surface area contributed by atoms with E-state index in [1.807, 2.05) is 11.0 Å². The zero-order valence-corrected chi connectivity index (χ0v) is 16.9. The van der Waals surface area contributed by atoms with Crippen LogP contribution < -0.4 is 26.4 Å². The van der Waals surface area contributed by atoms with Crippen molar-refractivity contribution in [1.82, 2.24) is 0 Å². The van der Waals surface area contributed by atoms with Gasteiger partial charge in [0.1, 0.15) is 11.4 Å². The van der Waals surface area contributed by atoms with Crippen LogP contribution >= 0.6 is 11.6 Å². The number of fused-ring (bicyclic) bond motifs is 2. The average Bonchev–Trinajstić information content (AvgIpc) is 2.83. The third-order valence-corrected chi connectivity index (χ3v) is 5.96. The molecule has 30 heavy (non-hydrogen) atoms. The quantitative estimate of drug-likeness (QED) is 0.643. The van der Waals surface area contributed by atoms with Gasteiger partial charge in [0.25, 0.3) is 5.91 Å². The van der Waals surface area contributed by atoms with Crippen molar-refractivity contribution in [3.8, 4) is 11.5 Å². The summed E-state index contributed by atoms with van der Waals surface area (Å²) < 4.78 is 5.98. The molecule has 9 heteroatoms. The van der Waals surface area contributed by atoms with Crippen molar-refractivity contribution in [2.24, 2.45) is 21.5 Å². The topological polar surface area (TPSA) is 118 Å². The Morgan fingerprint density at radius 3 is 2.63 bits per heavy atom. The minimum Gasteiger partial charge on any atom is -0.454 e. The summed E-state index contributed by atoms with van der Waals surface area (Å²) in [5.41, 5.74) is 13.3. The Bertz CT molecular complexity index is 1110. The Labute approximate surface area is 178 Å². The first-order valence-electron chi connectivity index (χ1n) is 9.88. The molecular weight excluding hydrogens is 404 g/mol. The van der Waals surface area contributed by atoms with Crippen molar-refractivity contribution in [2.45, 2.75) is 37.8 Å². The molecule has 1 aliphatic carbocycles. The van der Waals surface area contributed by atoms with E-state index < -0.39 is 5.66 Å². The maximum atomic E-state index is 13.0. The van der Waals surface area contributed by atoms with E-state index in [-0.39, 0.29) is 17.8 Å². The zero-order chi connectivity index (χ0) is 20.9. The predicted molar refractivity (Wildman–Crippen MR) is 117 cm³/mol. The summed E-state index contributed by atoms with van der Waals surface area (Å²) >= 11 is 6.06. The fraction of sp³-hybridized carbons (Fsp3) is 0.286. The van der Waals surface area contributed by atoms with Gasteiger partial charge in [0, 0.05) is 10.7 Å². The fourth-order valence-electron chi connectivity index (χ4n) is 4.42. The standard InChI is InChI=1S/C21H21ClN6O2/c22-12-4-6-17-15(10-12)25-18(29)14-11-13(5-7-16(14)30-17)28-20(24)26-19(23)27-21(28)8-2-1-3-9-21/h4-7,10-11H,1-3,8-9H2,(H,25,29)(H4,23,24,26,27). The molecule has 0 bridgehead atoms. The largest absolute Gasteiger partial charge is 0.454 e. The van der Waals surface area contributed by atoms with E-state index in [9.17, 15) is 4.79 Å². The Kier molecular flexibility index (Phi) is 4.32. The van der Waals surface area contributed by atoms with Gasteiger partial charge < -0.3 is 21.5 Å². The Morgan fingerprint density at radius 1 is 1.07 bits per heavy atom. The molecule has 0 aromatic heterocycles. The van der Waals surface area contributed by atoms with Crippen LogP contribution in [0.2, 0.25) is 5.02 Å². The number of hydrogen-bond donors (Lipinski definition) is 3. The molecule has 0 atom stereocenters. The number of amides is 1. The molecule has 154 valence electrons. The smallest absolute Gasteiger partial charge is 0.259 e. The molecule has 0 unspecified atom stereocenters. The molecule has 5 rings (SSSR count). The van der Waals surface area contributed by atoms with Crippen LogP contribution in [0, 0.1) is 0 Å². The Hall–Kier alpha value is -3.26. The van der Waals surface area contributed by atoms with Crippen molar-refractivity contribution < 1.29 is 9.53 Å². The molecule has 1 spiro atoms. The van der Waals surface area contributed by atoms with E-state index in [2.05, 4.69) is 15.3 Å². The van der Waals surface area contributed by atoms with Crippen LogP contribution in [0.5, 0.6) is 11.5 Å². The number of rotatable bonds is 1. The van der Waals surface area contributed by atoms with Gasteiger partial charge in [0.05, 0.1) is 11.3 Å². The van der Waals surface area contributed by atoms with Gasteiger partial charge in [0.2, 0.25) is 11.9 Å². The van der Waals surface area contributed by atoms with Crippen LogP contribution in [-0.4, -0.2) is 23.5 Å². The number of nitrogens with two attached hydrogens (primary N) is 2. The third-order valence-electron chi connectivity index (χ3n) is 5.73. The zero-order valence-electron chi connectivity index (χ0n) is 16.2. The highest BCUT2D eigenvalue weighted by Crippen LogP contribution is 2.42. The minimum atomic E-state index is -0.582. The van der Waals surface area contributed by atoms with E-state index in [0.717, 1.165) is 37.8 Å². The van der Waals surface area contributed by atoms with E-state index in [4.69, 9.17) is 27.8 Å². The number of aliphatic imine (C=N–C) groups is 2. The number of halogens is 1. The monoisotopic (exact) mass is 424 g/mol. The van der Waals surface area contributed by atoms with E-state index in [1.165, 1.54) is 0 Å². The van der Waals surface area contributed by atoms with Gasteiger partial charge in [-0.15, -0.1) is 0 Å². The van der Waals surface area contributed by atoms with E-state index in [1.54, 1.807) is 30.3 Å². The van der Waals surface area contributed by atoms with Crippen LogP contribution in [0.4, 0.5) is 11.4 Å². The molecule has 1 fully saturated rings. The molecule has 2 aromatic carbocycles. The van der Waals surface area contributed by atoms with Crippen molar-refractivity contribution in [1.29, 1.82) is 0 Å². The minimum absolute atomic E-state index is 0.189. The first-order valence-corrected chi connectivity index (χ1v) is 10.3. The summed E-state index contributed by atoms with van der Waals surface area (Å²) in [5, 5.41) is 3.37. The molecule has 2 aliphatic heterocycles. The number of carbonyl (C=O) groups is 1. The molecule has 5 N–H and O–H groups in total. The number of benzene rings is 2.